The van der Waals surface area contributed by atoms with E-state index in [0.29, 0.717) is 24.7 Å². The van der Waals surface area contributed by atoms with Gasteiger partial charge in [0.1, 0.15) is 17.3 Å². The Morgan fingerprint density at radius 3 is 2.44 bits per heavy atom. The van der Waals surface area contributed by atoms with Crippen molar-refractivity contribution in [3.8, 4) is 23.0 Å². The third kappa shape index (κ3) is 5.77. The minimum atomic E-state index is -0.276. The van der Waals surface area contributed by atoms with Crippen molar-refractivity contribution in [3.05, 3.63) is 102 Å². The first-order valence-corrected chi connectivity index (χ1v) is 12.4. The predicted molar refractivity (Wildman–Crippen MR) is 138 cm³/mol. The molecule has 4 aromatic rings. The number of para-hydroxylation sites is 1. The van der Waals surface area contributed by atoms with Gasteiger partial charge in [0.25, 0.3) is 0 Å². The molecule has 5 rings (SSSR count). The van der Waals surface area contributed by atoms with Crippen molar-refractivity contribution in [1.82, 2.24) is 9.88 Å². The standard InChI is InChI=1S/C30H30N2O4/c1-22-28(31-29(35-22)24-9-4-2-5-10-24)18-20-34-26-16-14-23(15-17-26)21-25-11-8-19-32(25)30(33)36-27-12-6-3-7-13-27/h2-7,9-10,12-17,25H,8,11,18-21H2,1H3/t25-/m1/s1. The highest BCUT2D eigenvalue weighted by Crippen LogP contribution is 2.25. The van der Waals surface area contributed by atoms with Crippen molar-refractivity contribution in [2.75, 3.05) is 13.2 Å². The van der Waals surface area contributed by atoms with Crippen LogP contribution in [0.1, 0.15) is 29.9 Å². The highest BCUT2D eigenvalue weighted by molar-refractivity contribution is 5.71. The predicted octanol–water partition coefficient (Wildman–Crippen LogP) is 6.48. The van der Waals surface area contributed by atoms with Crippen molar-refractivity contribution >= 4 is 6.09 Å². The van der Waals surface area contributed by atoms with Gasteiger partial charge in [0, 0.05) is 24.6 Å². The van der Waals surface area contributed by atoms with E-state index in [9.17, 15) is 4.79 Å². The van der Waals surface area contributed by atoms with Gasteiger partial charge in [0.15, 0.2) is 0 Å². The molecule has 1 atom stereocenters. The maximum absolute atomic E-state index is 12.7. The van der Waals surface area contributed by atoms with Crippen LogP contribution < -0.4 is 9.47 Å². The van der Waals surface area contributed by atoms with Crippen LogP contribution in [0.25, 0.3) is 11.5 Å². The van der Waals surface area contributed by atoms with Gasteiger partial charge in [0.05, 0.1) is 12.3 Å². The molecule has 1 aromatic heterocycles. The fraction of sp³-hybridized carbons (Fsp3) is 0.267. The molecule has 0 bridgehead atoms. The van der Waals surface area contributed by atoms with E-state index in [2.05, 4.69) is 17.1 Å². The molecule has 1 saturated heterocycles. The Bertz CT molecular complexity index is 1270. The molecule has 1 fully saturated rings. The van der Waals surface area contributed by atoms with Crippen LogP contribution in [0.3, 0.4) is 0 Å². The number of carbonyl (C=O) groups excluding carboxylic acids is 1. The second-order valence-corrected chi connectivity index (χ2v) is 9.00. The summed E-state index contributed by atoms with van der Waals surface area (Å²) in [6, 6.07) is 27.4. The normalized spacial score (nSPS) is 15.1. The average Bonchev–Trinajstić information content (AvgIpc) is 3.53. The minimum Gasteiger partial charge on any atom is -0.493 e. The summed E-state index contributed by atoms with van der Waals surface area (Å²) in [4.78, 5) is 19.2. The number of oxazole rings is 1. The number of nitrogens with zero attached hydrogens (tertiary/aromatic N) is 2. The van der Waals surface area contributed by atoms with Gasteiger partial charge in [-0.2, -0.15) is 0 Å². The number of rotatable bonds is 8. The maximum Gasteiger partial charge on any atom is 0.415 e. The Morgan fingerprint density at radius 2 is 1.69 bits per heavy atom. The number of ether oxygens (including phenoxy) is 2. The molecule has 6 heteroatoms. The quantitative estimate of drug-likeness (QED) is 0.288. The molecule has 1 aliphatic rings. The van der Waals surface area contributed by atoms with Crippen LogP contribution >= 0.6 is 0 Å². The Hall–Kier alpha value is -4.06. The number of aromatic nitrogens is 1. The zero-order chi connectivity index (χ0) is 24.7. The topological polar surface area (TPSA) is 64.8 Å². The van der Waals surface area contributed by atoms with Gasteiger partial charge in [0.2, 0.25) is 5.89 Å². The molecular weight excluding hydrogens is 452 g/mol. The van der Waals surface area contributed by atoms with E-state index >= 15 is 0 Å². The summed E-state index contributed by atoms with van der Waals surface area (Å²) < 4.78 is 17.4. The second-order valence-electron chi connectivity index (χ2n) is 9.00. The van der Waals surface area contributed by atoms with E-state index in [0.717, 1.165) is 48.6 Å². The van der Waals surface area contributed by atoms with Gasteiger partial charge in [-0.25, -0.2) is 9.78 Å². The van der Waals surface area contributed by atoms with Crippen LogP contribution in [0.2, 0.25) is 0 Å². The van der Waals surface area contributed by atoms with E-state index in [-0.39, 0.29) is 12.1 Å². The Balaban J connectivity index is 1.12. The zero-order valence-corrected chi connectivity index (χ0v) is 20.4. The van der Waals surface area contributed by atoms with Gasteiger partial charge < -0.3 is 18.8 Å². The molecule has 2 heterocycles. The number of hydrogen-bond donors (Lipinski definition) is 0. The number of benzene rings is 3. The lowest BCUT2D eigenvalue weighted by Crippen LogP contribution is -2.38. The number of amides is 1. The van der Waals surface area contributed by atoms with E-state index in [1.54, 1.807) is 12.1 Å². The summed E-state index contributed by atoms with van der Waals surface area (Å²) in [7, 11) is 0. The third-order valence-corrected chi connectivity index (χ3v) is 6.48. The van der Waals surface area contributed by atoms with Crippen LogP contribution in [-0.4, -0.2) is 35.2 Å². The minimum absolute atomic E-state index is 0.141. The molecule has 6 nitrogen and oxygen atoms in total. The Morgan fingerprint density at radius 1 is 0.972 bits per heavy atom. The number of hydrogen-bond acceptors (Lipinski definition) is 5. The maximum atomic E-state index is 12.7. The van der Waals surface area contributed by atoms with Crippen molar-refractivity contribution in [2.45, 2.75) is 38.6 Å². The number of likely N-dealkylation sites (tertiary alicyclic amines) is 1. The molecular formula is C30H30N2O4. The lowest BCUT2D eigenvalue weighted by molar-refractivity contribution is 0.147. The first-order valence-electron chi connectivity index (χ1n) is 12.4. The van der Waals surface area contributed by atoms with Gasteiger partial charge in [-0.1, -0.05) is 48.5 Å². The van der Waals surface area contributed by atoms with E-state index < -0.39 is 0 Å². The summed E-state index contributed by atoms with van der Waals surface area (Å²) in [5, 5.41) is 0. The summed E-state index contributed by atoms with van der Waals surface area (Å²) in [5.74, 6) is 2.85. The van der Waals surface area contributed by atoms with Crippen LogP contribution in [-0.2, 0) is 12.8 Å². The zero-order valence-electron chi connectivity index (χ0n) is 20.4. The monoisotopic (exact) mass is 482 g/mol. The van der Waals surface area contributed by atoms with Crippen LogP contribution in [0.15, 0.2) is 89.3 Å². The molecule has 0 saturated carbocycles. The summed E-state index contributed by atoms with van der Waals surface area (Å²) in [5.41, 5.74) is 3.05. The van der Waals surface area contributed by atoms with Crippen LogP contribution in [0, 0.1) is 6.92 Å². The van der Waals surface area contributed by atoms with Crippen LogP contribution in [0.5, 0.6) is 11.5 Å². The Kier molecular flexibility index (Phi) is 7.31. The molecule has 1 amide bonds. The van der Waals surface area contributed by atoms with Gasteiger partial charge in [-0.05, 0) is 68.1 Å². The second kappa shape index (κ2) is 11.1. The highest BCUT2D eigenvalue weighted by Gasteiger charge is 2.30. The van der Waals surface area contributed by atoms with Crippen molar-refractivity contribution in [1.29, 1.82) is 0 Å². The summed E-state index contributed by atoms with van der Waals surface area (Å²) in [6.07, 6.45) is 3.16. The highest BCUT2D eigenvalue weighted by atomic mass is 16.6. The average molecular weight is 483 g/mol. The van der Waals surface area contributed by atoms with Crippen LogP contribution in [0.4, 0.5) is 4.79 Å². The van der Waals surface area contributed by atoms with E-state index in [1.165, 1.54) is 5.56 Å². The van der Waals surface area contributed by atoms with E-state index in [4.69, 9.17) is 13.9 Å². The fourth-order valence-corrected chi connectivity index (χ4v) is 4.56. The SMILES string of the molecule is Cc1oc(-c2ccccc2)nc1CCOc1ccc(C[C@H]2CCCN2C(=O)Oc2ccccc2)cc1. The number of aryl methyl sites for hydroxylation is 1. The molecule has 1 aliphatic heterocycles. The summed E-state index contributed by atoms with van der Waals surface area (Å²) in [6.45, 7) is 3.18. The molecule has 3 aromatic carbocycles. The largest absolute Gasteiger partial charge is 0.493 e. The number of carbonyl (C=O) groups is 1. The molecule has 0 N–H and O–H groups in total. The molecule has 0 aliphatic carbocycles. The van der Waals surface area contributed by atoms with Crippen molar-refractivity contribution < 1.29 is 18.7 Å². The van der Waals surface area contributed by atoms with Crippen molar-refractivity contribution in [2.24, 2.45) is 0 Å². The lowest BCUT2D eigenvalue weighted by Gasteiger charge is -2.24. The summed E-state index contributed by atoms with van der Waals surface area (Å²) >= 11 is 0. The third-order valence-electron chi connectivity index (χ3n) is 6.48. The lowest BCUT2D eigenvalue weighted by atomic mass is 10.0. The van der Waals surface area contributed by atoms with Crippen molar-refractivity contribution in [3.63, 3.8) is 0 Å². The molecule has 0 unspecified atom stereocenters. The Labute approximate surface area is 211 Å². The van der Waals surface area contributed by atoms with E-state index in [1.807, 2.05) is 72.5 Å². The fourth-order valence-electron chi connectivity index (χ4n) is 4.56. The molecule has 0 spiro atoms. The smallest absolute Gasteiger partial charge is 0.415 e. The first kappa shape index (κ1) is 23.7. The van der Waals surface area contributed by atoms with Gasteiger partial charge in [-0.3, -0.25) is 0 Å². The molecule has 0 radical (unpaired) electrons. The van der Waals surface area contributed by atoms with Gasteiger partial charge >= 0.3 is 6.09 Å². The first-order chi connectivity index (χ1) is 17.7. The van der Waals surface area contributed by atoms with Gasteiger partial charge in [-0.15, -0.1) is 0 Å². The molecule has 184 valence electrons. The molecule has 36 heavy (non-hydrogen) atoms.